The van der Waals surface area contributed by atoms with Crippen molar-refractivity contribution in [3.8, 4) is 0 Å². The summed E-state index contributed by atoms with van der Waals surface area (Å²) < 4.78 is 5.64. The summed E-state index contributed by atoms with van der Waals surface area (Å²) in [7, 11) is 0. The van der Waals surface area contributed by atoms with Gasteiger partial charge in [-0.15, -0.1) is 0 Å². The van der Waals surface area contributed by atoms with Gasteiger partial charge in [0.25, 0.3) is 0 Å². The molecule has 5 heteroatoms. The second kappa shape index (κ2) is 7.99. The minimum absolute atomic E-state index is 0.134. The van der Waals surface area contributed by atoms with Crippen LogP contribution in [0.25, 0.3) is 0 Å². The molecule has 2 aliphatic rings. The molecule has 5 nitrogen and oxygen atoms in total. The Bertz CT molecular complexity index is 331. The van der Waals surface area contributed by atoms with Crippen LogP contribution >= 0.6 is 0 Å². The zero-order valence-corrected chi connectivity index (χ0v) is 13.2. The zero-order valence-electron chi connectivity index (χ0n) is 13.2. The molecule has 0 aromatic carbocycles. The molecule has 0 spiro atoms. The van der Waals surface area contributed by atoms with Crippen molar-refractivity contribution in [2.75, 3.05) is 19.7 Å². The summed E-state index contributed by atoms with van der Waals surface area (Å²) in [6.45, 7) is 4.11. The van der Waals surface area contributed by atoms with E-state index in [4.69, 9.17) is 4.74 Å². The molecule has 1 saturated heterocycles. The van der Waals surface area contributed by atoms with E-state index in [2.05, 4.69) is 17.6 Å². The summed E-state index contributed by atoms with van der Waals surface area (Å²) in [4.78, 5) is 11.8. The Morgan fingerprint density at radius 1 is 1.24 bits per heavy atom. The maximum atomic E-state index is 11.8. The van der Waals surface area contributed by atoms with Crippen molar-refractivity contribution in [3.63, 3.8) is 0 Å². The Morgan fingerprint density at radius 3 is 2.76 bits per heavy atom. The Labute approximate surface area is 127 Å². The van der Waals surface area contributed by atoms with Gasteiger partial charge >= 0.3 is 6.03 Å². The van der Waals surface area contributed by atoms with Crippen molar-refractivity contribution in [1.29, 1.82) is 0 Å². The van der Waals surface area contributed by atoms with Gasteiger partial charge in [-0.3, -0.25) is 0 Å². The molecule has 122 valence electrons. The monoisotopic (exact) mass is 298 g/mol. The van der Waals surface area contributed by atoms with Crippen molar-refractivity contribution in [2.45, 2.75) is 70.5 Å². The normalized spacial score (nSPS) is 33.4. The molecule has 1 heterocycles. The van der Waals surface area contributed by atoms with E-state index in [0.717, 1.165) is 51.6 Å². The largest absolute Gasteiger partial charge is 0.392 e. The van der Waals surface area contributed by atoms with Crippen molar-refractivity contribution in [3.05, 3.63) is 0 Å². The Morgan fingerprint density at radius 2 is 2.05 bits per heavy atom. The zero-order chi connectivity index (χ0) is 15.1. The second-order valence-corrected chi connectivity index (χ2v) is 6.80. The van der Waals surface area contributed by atoms with E-state index in [1.54, 1.807) is 0 Å². The first-order valence-corrected chi connectivity index (χ1v) is 8.41. The standard InChI is InChI=1S/C16H30N2O3/c1-16(9-4-2-7-14(16)19)12-18-15(20)17-10-8-13-6-3-5-11-21-13/h13-14,19H,2-12H2,1H3,(H2,17,18,20). The Hall–Kier alpha value is -0.810. The SMILES string of the molecule is CC1(CNC(=O)NCCC2CCCCO2)CCCCC1O. The number of rotatable bonds is 5. The van der Waals surface area contributed by atoms with E-state index in [1.165, 1.54) is 6.42 Å². The lowest BCUT2D eigenvalue weighted by molar-refractivity contribution is 0.00290. The van der Waals surface area contributed by atoms with Gasteiger partial charge in [0.15, 0.2) is 0 Å². The van der Waals surface area contributed by atoms with Gasteiger partial charge in [0.05, 0.1) is 12.2 Å². The lowest BCUT2D eigenvalue weighted by Crippen LogP contribution is -2.48. The molecule has 1 aliphatic carbocycles. The highest BCUT2D eigenvalue weighted by Gasteiger charge is 2.35. The van der Waals surface area contributed by atoms with Crippen molar-refractivity contribution in [1.82, 2.24) is 10.6 Å². The number of urea groups is 1. The number of amides is 2. The predicted molar refractivity (Wildman–Crippen MR) is 82.2 cm³/mol. The average molecular weight is 298 g/mol. The highest BCUT2D eigenvalue weighted by Crippen LogP contribution is 2.35. The van der Waals surface area contributed by atoms with Crippen molar-refractivity contribution >= 4 is 6.03 Å². The molecule has 2 amide bonds. The van der Waals surface area contributed by atoms with Gasteiger partial charge in [-0.1, -0.05) is 19.8 Å². The summed E-state index contributed by atoms with van der Waals surface area (Å²) in [6, 6.07) is -0.134. The fraction of sp³-hybridized carbons (Fsp3) is 0.938. The molecular weight excluding hydrogens is 268 g/mol. The molecule has 3 unspecified atom stereocenters. The number of nitrogens with one attached hydrogen (secondary N) is 2. The van der Waals surface area contributed by atoms with Crippen LogP contribution in [0.5, 0.6) is 0 Å². The number of carbonyl (C=O) groups is 1. The van der Waals surface area contributed by atoms with Crippen molar-refractivity contribution < 1.29 is 14.6 Å². The summed E-state index contributed by atoms with van der Waals surface area (Å²) in [5, 5.41) is 15.9. The van der Waals surface area contributed by atoms with E-state index >= 15 is 0 Å². The van der Waals surface area contributed by atoms with E-state index in [1.807, 2.05) is 0 Å². The van der Waals surface area contributed by atoms with Crippen LogP contribution in [0.15, 0.2) is 0 Å². The first-order valence-electron chi connectivity index (χ1n) is 8.41. The summed E-state index contributed by atoms with van der Waals surface area (Å²) in [5.41, 5.74) is -0.179. The van der Waals surface area contributed by atoms with Crippen LogP contribution in [0, 0.1) is 5.41 Å². The van der Waals surface area contributed by atoms with Gasteiger partial charge in [-0.05, 0) is 38.5 Å². The van der Waals surface area contributed by atoms with Crippen LogP contribution in [-0.4, -0.2) is 43.0 Å². The Balaban J connectivity index is 1.60. The lowest BCUT2D eigenvalue weighted by atomic mass is 9.73. The average Bonchev–Trinajstić information content (AvgIpc) is 2.50. The molecule has 2 fully saturated rings. The molecule has 21 heavy (non-hydrogen) atoms. The van der Waals surface area contributed by atoms with Gasteiger partial charge in [-0.25, -0.2) is 4.79 Å². The fourth-order valence-corrected chi connectivity index (χ4v) is 3.31. The third kappa shape index (κ3) is 5.15. The van der Waals surface area contributed by atoms with E-state index in [0.29, 0.717) is 19.2 Å². The summed E-state index contributed by atoms with van der Waals surface area (Å²) in [5.74, 6) is 0. The third-order valence-electron chi connectivity index (χ3n) is 4.96. The van der Waals surface area contributed by atoms with E-state index < -0.39 is 0 Å². The maximum absolute atomic E-state index is 11.8. The molecule has 1 saturated carbocycles. The quantitative estimate of drug-likeness (QED) is 0.728. The number of hydrogen-bond acceptors (Lipinski definition) is 3. The number of aliphatic hydroxyl groups excluding tert-OH is 1. The van der Waals surface area contributed by atoms with E-state index in [9.17, 15) is 9.90 Å². The van der Waals surface area contributed by atoms with Gasteiger partial charge in [-0.2, -0.15) is 0 Å². The number of carbonyl (C=O) groups excluding carboxylic acids is 1. The molecule has 2 rings (SSSR count). The fourth-order valence-electron chi connectivity index (χ4n) is 3.31. The topological polar surface area (TPSA) is 70.6 Å². The van der Waals surface area contributed by atoms with Crippen LogP contribution < -0.4 is 10.6 Å². The lowest BCUT2D eigenvalue weighted by Gasteiger charge is -2.38. The van der Waals surface area contributed by atoms with Crippen LogP contribution in [-0.2, 0) is 4.74 Å². The molecule has 0 aromatic heterocycles. The number of ether oxygens (including phenoxy) is 1. The number of aliphatic hydroxyl groups is 1. The van der Waals surface area contributed by atoms with Crippen molar-refractivity contribution in [2.24, 2.45) is 5.41 Å². The van der Waals surface area contributed by atoms with Gasteiger partial charge in [0.2, 0.25) is 0 Å². The maximum Gasteiger partial charge on any atom is 0.314 e. The molecule has 3 N–H and O–H groups in total. The summed E-state index contributed by atoms with van der Waals surface area (Å²) >= 11 is 0. The van der Waals surface area contributed by atoms with E-state index in [-0.39, 0.29) is 17.6 Å². The molecular formula is C16H30N2O3. The Kier molecular flexibility index (Phi) is 6.30. The minimum atomic E-state index is -0.304. The third-order valence-corrected chi connectivity index (χ3v) is 4.96. The molecule has 0 bridgehead atoms. The highest BCUT2D eigenvalue weighted by molar-refractivity contribution is 5.73. The summed E-state index contributed by atoms with van der Waals surface area (Å²) in [6.07, 6.45) is 8.42. The molecule has 1 aliphatic heterocycles. The van der Waals surface area contributed by atoms with Crippen LogP contribution in [0.4, 0.5) is 4.79 Å². The minimum Gasteiger partial charge on any atom is -0.392 e. The predicted octanol–water partition coefficient (Wildman–Crippen LogP) is 2.19. The highest BCUT2D eigenvalue weighted by atomic mass is 16.5. The first-order chi connectivity index (χ1) is 10.1. The van der Waals surface area contributed by atoms with Gasteiger partial charge in [0.1, 0.15) is 0 Å². The number of hydrogen-bond donors (Lipinski definition) is 3. The molecule has 0 radical (unpaired) electrons. The van der Waals surface area contributed by atoms with Crippen LogP contribution in [0.2, 0.25) is 0 Å². The molecule has 0 aromatic rings. The van der Waals surface area contributed by atoms with Crippen LogP contribution in [0.3, 0.4) is 0 Å². The van der Waals surface area contributed by atoms with Crippen LogP contribution in [0.1, 0.15) is 58.3 Å². The molecule has 3 atom stereocenters. The second-order valence-electron chi connectivity index (χ2n) is 6.80. The van der Waals surface area contributed by atoms with Gasteiger partial charge in [0, 0.05) is 25.1 Å². The van der Waals surface area contributed by atoms with Gasteiger partial charge < -0.3 is 20.5 Å². The first kappa shape index (κ1) is 16.6. The smallest absolute Gasteiger partial charge is 0.314 e.